The van der Waals surface area contributed by atoms with Gasteiger partial charge in [-0.05, 0) is 31.9 Å². The van der Waals surface area contributed by atoms with Crippen LogP contribution in [0.2, 0.25) is 0 Å². The molecule has 0 fully saturated rings. The van der Waals surface area contributed by atoms with Gasteiger partial charge in [0.15, 0.2) is 0 Å². The average molecular weight is 293 g/mol. The molecule has 0 aliphatic heterocycles. The van der Waals surface area contributed by atoms with Gasteiger partial charge < -0.3 is 14.7 Å². The highest BCUT2D eigenvalue weighted by atomic mass is 16.7. The summed E-state index contributed by atoms with van der Waals surface area (Å²) < 4.78 is 5.05. The third-order valence-corrected chi connectivity index (χ3v) is 2.27. The van der Waals surface area contributed by atoms with Gasteiger partial charge in [0.05, 0.1) is 12.6 Å². The van der Waals surface area contributed by atoms with E-state index >= 15 is 0 Å². The zero-order valence-electron chi connectivity index (χ0n) is 12.3. The Morgan fingerprint density at radius 2 is 1.95 bits per heavy atom. The summed E-state index contributed by atoms with van der Waals surface area (Å²) in [5.41, 5.74) is 0.678. The van der Waals surface area contributed by atoms with Crippen LogP contribution in [0.3, 0.4) is 0 Å². The molecule has 0 aliphatic carbocycles. The van der Waals surface area contributed by atoms with Crippen molar-refractivity contribution in [1.29, 1.82) is 0 Å². The number of aliphatic carboxylic acids is 1. The molecule has 0 saturated heterocycles. The van der Waals surface area contributed by atoms with E-state index in [1.807, 2.05) is 0 Å². The van der Waals surface area contributed by atoms with Gasteiger partial charge in [0, 0.05) is 0 Å². The van der Waals surface area contributed by atoms with E-state index in [1.165, 1.54) is 6.21 Å². The molecule has 0 bridgehead atoms. The Morgan fingerprint density at radius 1 is 1.29 bits per heavy atom. The molecule has 1 rings (SSSR count). The molecule has 0 atom stereocenters. The standard InChI is InChI=1S/C15H19NO5/c1-15(2,3)21-14(19)10-20-16-9-12-7-5-4-6-11(12)8-13(17)18/h4-7,9H,8,10H2,1-3H3,(H,17,18)/b16-9+. The smallest absolute Gasteiger partial charge is 0.347 e. The topological polar surface area (TPSA) is 85.2 Å². The van der Waals surface area contributed by atoms with Crippen LogP contribution in [-0.2, 0) is 25.6 Å². The highest BCUT2D eigenvalue weighted by molar-refractivity contribution is 5.84. The predicted molar refractivity (Wildman–Crippen MR) is 77.2 cm³/mol. The summed E-state index contributed by atoms with van der Waals surface area (Å²) >= 11 is 0. The molecule has 6 nitrogen and oxygen atoms in total. The highest BCUT2D eigenvalue weighted by Crippen LogP contribution is 2.08. The van der Waals surface area contributed by atoms with Crippen molar-refractivity contribution in [3.8, 4) is 0 Å². The van der Waals surface area contributed by atoms with E-state index in [-0.39, 0.29) is 13.0 Å². The van der Waals surface area contributed by atoms with E-state index in [2.05, 4.69) is 5.16 Å². The number of esters is 1. The fraction of sp³-hybridized carbons (Fsp3) is 0.400. The van der Waals surface area contributed by atoms with Crippen LogP contribution in [0.5, 0.6) is 0 Å². The molecule has 0 aliphatic rings. The lowest BCUT2D eigenvalue weighted by Gasteiger charge is -2.18. The predicted octanol–water partition coefficient (Wildman–Crippen LogP) is 2.01. The van der Waals surface area contributed by atoms with Gasteiger partial charge in [0.1, 0.15) is 5.60 Å². The minimum absolute atomic E-state index is 0.103. The number of benzene rings is 1. The van der Waals surface area contributed by atoms with Crippen LogP contribution in [0.25, 0.3) is 0 Å². The van der Waals surface area contributed by atoms with Crippen molar-refractivity contribution in [2.75, 3.05) is 6.61 Å². The first kappa shape index (κ1) is 16.7. The summed E-state index contributed by atoms with van der Waals surface area (Å²) in [6.45, 7) is 4.98. The van der Waals surface area contributed by atoms with Gasteiger partial charge in [-0.3, -0.25) is 4.79 Å². The molecule has 0 heterocycles. The van der Waals surface area contributed by atoms with E-state index in [4.69, 9.17) is 14.7 Å². The van der Waals surface area contributed by atoms with Gasteiger partial charge in [-0.25, -0.2) is 4.79 Å². The molecule has 0 radical (unpaired) electrons. The fourth-order valence-electron chi connectivity index (χ4n) is 1.54. The molecule has 1 aromatic carbocycles. The average Bonchev–Trinajstić information content (AvgIpc) is 2.33. The molecule has 0 unspecified atom stereocenters. The number of carboxylic acids is 1. The number of nitrogens with zero attached hydrogens (tertiary/aromatic N) is 1. The van der Waals surface area contributed by atoms with Crippen LogP contribution in [0.15, 0.2) is 29.4 Å². The van der Waals surface area contributed by atoms with Gasteiger partial charge in [0.2, 0.25) is 6.61 Å². The maximum atomic E-state index is 11.4. The third kappa shape index (κ3) is 7.10. The second-order valence-corrected chi connectivity index (χ2v) is 5.36. The maximum Gasteiger partial charge on any atom is 0.347 e. The molecule has 0 saturated carbocycles. The lowest BCUT2D eigenvalue weighted by molar-refractivity contribution is -0.160. The molecule has 114 valence electrons. The van der Waals surface area contributed by atoms with Crippen molar-refractivity contribution >= 4 is 18.2 Å². The van der Waals surface area contributed by atoms with E-state index in [9.17, 15) is 9.59 Å². The molecule has 1 N–H and O–H groups in total. The molecule has 0 aromatic heterocycles. The second-order valence-electron chi connectivity index (χ2n) is 5.36. The van der Waals surface area contributed by atoms with Crippen LogP contribution in [0.1, 0.15) is 31.9 Å². The van der Waals surface area contributed by atoms with Crippen molar-refractivity contribution in [3.63, 3.8) is 0 Å². The largest absolute Gasteiger partial charge is 0.481 e. The van der Waals surface area contributed by atoms with Crippen LogP contribution in [0.4, 0.5) is 0 Å². The lowest BCUT2D eigenvalue weighted by atomic mass is 10.1. The number of hydrogen-bond acceptors (Lipinski definition) is 5. The van der Waals surface area contributed by atoms with Gasteiger partial charge >= 0.3 is 11.9 Å². The van der Waals surface area contributed by atoms with Gasteiger partial charge in [-0.15, -0.1) is 0 Å². The SMILES string of the molecule is CC(C)(C)OC(=O)CO/N=C/c1ccccc1CC(=O)O. The molecular formula is C15H19NO5. The minimum Gasteiger partial charge on any atom is -0.481 e. The Morgan fingerprint density at radius 3 is 2.57 bits per heavy atom. The van der Waals surface area contributed by atoms with Crippen molar-refractivity contribution < 1.29 is 24.3 Å². The lowest BCUT2D eigenvalue weighted by Crippen LogP contribution is -2.26. The van der Waals surface area contributed by atoms with Crippen molar-refractivity contribution in [3.05, 3.63) is 35.4 Å². The zero-order valence-corrected chi connectivity index (χ0v) is 12.3. The zero-order chi connectivity index (χ0) is 15.9. The third-order valence-electron chi connectivity index (χ3n) is 2.27. The number of carboxylic acid groups (broad SMARTS) is 1. The molecular weight excluding hydrogens is 274 g/mol. The van der Waals surface area contributed by atoms with Gasteiger partial charge in [-0.1, -0.05) is 29.4 Å². The number of ether oxygens (including phenoxy) is 1. The van der Waals surface area contributed by atoms with Gasteiger partial charge in [-0.2, -0.15) is 0 Å². The summed E-state index contributed by atoms with van der Waals surface area (Å²) in [4.78, 5) is 27.0. The highest BCUT2D eigenvalue weighted by Gasteiger charge is 2.16. The second kappa shape index (κ2) is 7.42. The Labute approximate surface area is 123 Å². The monoisotopic (exact) mass is 293 g/mol. The van der Waals surface area contributed by atoms with Crippen molar-refractivity contribution in [1.82, 2.24) is 0 Å². The first-order valence-electron chi connectivity index (χ1n) is 6.45. The fourth-order valence-corrected chi connectivity index (χ4v) is 1.54. The summed E-state index contributed by atoms with van der Waals surface area (Å²) in [7, 11) is 0. The minimum atomic E-state index is -0.925. The summed E-state index contributed by atoms with van der Waals surface area (Å²) in [6.07, 6.45) is 1.27. The van der Waals surface area contributed by atoms with Crippen LogP contribution < -0.4 is 0 Å². The number of hydrogen-bond donors (Lipinski definition) is 1. The van der Waals surface area contributed by atoms with E-state index in [0.717, 1.165) is 0 Å². The van der Waals surface area contributed by atoms with Crippen molar-refractivity contribution in [2.45, 2.75) is 32.8 Å². The Kier molecular flexibility index (Phi) is 5.90. The van der Waals surface area contributed by atoms with E-state index in [1.54, 1.807) is 45.0 Å². The first-order valence-corrected chi connectivity index (χ1v) is 6.45. The van der Waals surface area contributed by atoms with E-state index in [0.29, 0.717) is 11.1 Å². The number of oxime groups is 1. The number of rotatable bonds is 6. The summed E-state index contributed by atoms with van der Waals surface area (Å²) in [5, 5.41) is 12.5. The molecule has 21 heavy (non-hydrogen) atoms. The molecule has 6 heteroatoms. The van der Waals surface area contributed by atoms with Crippen molar-refractivity contribution in [2.24, 2.45) is 5.16 Å². The summed E-state index contributed by atoms with van der Waals surface area (Å²) in [6, 6.07) is 6.93. The van der Waals surface area contributed by atoms with Crippen LogP contribution >= 0.6 is 0 Å². The van der Waals surface area contributed by atoms with E-state index < -0.39 is 17.5 Å². The van der Waals surface area contributed by atoms with Crippen LogP contribution in [0, 0.1) is 0 Å². The number of carbonyl (C=O) groups is 2. The van der Waals surface area contributed by atoms with Gasteiger partial charge in [0.25, 0.3) is 0 Å². The molecule has 1 aromatic rings. The van der Waals surface area contributed by atoms with Crippen LogP contribution in [-0.4, -0.2) is 35.5 Å². The Balaban J connectivity index is 2.54. The number of carbonyl (C=O) groups excluding carboxylic acids is 1. The normalized spacial score (nSPS) is 11.4. The summed E-state index contributed by atoms with van der Waals surface area (Å²) in [5.74, 6) is -1.44. The quantitative estimate of drug-likeness (QED) is 0.492. The molecule has 0 amide bonds. The first-order chi connectivity index (χ1) is 9.78. The Bertz CT molecular complexity index is 531. The maximum absolute atomic E-state index is 11.4. The Hall–Kier alpha value is -2.37. The molecule has 0 spiro atoms.